The maximum absolute atomic E-state index is 12.5. The van der Waals surface area contributed by atoms with E-state index in [9.17, 15) is 9.59 Å². The SMILES string of the molecule is Cc1ccc(NC(=O)CN(C)C(=O)c2cc(-c3ccc(C)cc3)no2)cc1. The topological polar surface area (TPSA) is 75.4 Å². The lowest BCUT2D eigenvalue weighted by atomic mass is 10.1. The van der Waals surface area contributed by atoms with Crippen LogP contribution in [0.3, 0.4) is 0 Å². The highest BCUT2D eigenvalue weighted by Crippen LogP contribution is 2.20. The fourth-order valence-corrected chi connectivity index (χ4v) is 2.55. The third-order valence-corrected chi connectivity index (χ3v) is 4.13. The number of aromatic nitrogens is 1. The lowest BCUT2D eigenvalue weighted by Crippen LogP contribution is -2.34. The molecule has 1 heterocycles. The molecule has 0 atom stereocenters. The highest BCUT2D eigenvalue weighted by molar-refractivity contribution is 5.98. The van der Waals surface area contributed by atoms with Gasteiger partial charge in [-0.1, -0.05) is 52.7 Å². The molecule has 0 aliphatic carbocycles. The number of aryl methyl sites for hydroxylation is 2. The molecule has 0 saturated heterocycles. The molecular weight excluding hydrogens is 342 g/mol. The van der Waals surface area contributed by atoms with E-state index < -0.39 is 5.91 Å². The Bertz CT molecular complexity index is 944. The lowest BCUT2D eigenvalue weighted by molar-refractivity contribution is -0.116. The summed E-state index contributed by atoms with van der Waals surface area (Å²) < 4.78 is 5.17. The second-order valence-electron chi connectivity index (χ2n) is 6.52. The first-order valence-corrected chi connectivity index (χ1v) is 8.58. The standard InChI is InChI=1S/C21H21N3O3/c1-14-4-8-16(9-5-14)18-12-19(27-23-18)21(26)24(3)13-20(25)22-17-10-6-15(2)7-11-17/h4-12H,13H2,1-3H3,(H,22,25). The van der Waals surface area contributed by atoms with Gasteiger partial charge < -0.3 is 14.7 Å². The van der Waals surface area contributed by atoms with Crippen molar-refractivity contribution >= 4 is 17.5 Å². The summed E-state index contributed by atoms with van der Waals surface area (Å²) in [5.41, 5.74) is 4.37. The van der Waals surface area contributed by atoms with Crippen molar-refractivity contribution in [1.29, 1.82) is 0 Å². The van der Waals surface area contributed by atoms with Gasteiger partial charge in [-0.3, -0.25) is 9.59 Å². The number of amides is 2. The third kappa shape index (κ3) is 4.61. The quantitative estimate of drug-likeness (QED) is 0.750. The molecule has 0 unspecified atom stereocenters. The number of carbonyl (C=O) groups is 2. The van der Waals surface area contributed by atoms with Crippen LogP contribution in [0.2, 0.25) is 0 Å². The number of nitrogens with one attached hydrogen (secondary N) is 1. The zero-order valence-corrected chi connectivity index (χ0v) is 15.5. The van der Waals surface area contributed by atoms with Crippen LogP contribution < -0.4 is 5.32 Å². The highest BCUT2D eigenvalue weighted by Gasteiger charge is 2.20. The zero-order valence-electron chi connectivity index (χ0n) is 15.5. The van der Waals surface area contributed by atoms with Gasteiger partial charge in [0.25, 0.3) is 5.91 Å². The normalized spacial score (nSPS) is 10.5. The molecule has 6 nitrogen and oxygen atoms in total. The molecule has 27 heavy (non-hydrogen) atoms. The summed E-state index contributed by atoms with van der Waals surface area (Å²) in [5.74, 6) is -0.593. The molecule has 0 fully saturated rings. The van der Waals surface area contributed by atoms with Crippen LogP contribution in [0.1, 0.15) is 21.7 Å². The number of likely N-dealkylation sites (N-methyl/N-ethyl adjacent to an activating group) is 1. The molecule has 3 rings (SSSR count). The molecular formula is C21H21N3O3. The number of benzene rings is 2. The zero-order chi connectivity index (χ0) is 19.4. The first-order chi connectivity index (χ1) is 12.9. The van der Waals surface area contributed by atoms with Crippen molar-refractivity contribution in [2.75, 3.05) is 18.9 Å². The van der Waals surface area contributed by atoms with Crippen LogP contribution >= 0.6 is 0 Å². The summed E-state index contributed by atoms with van der Waals surface area (Å²) in [6.07, 6.45) is 0. The van der Waals surface area contributed by atoms with Gasteiger partial charge in [0, 0.05) is 24.4 Å². The predicted molar refractivity (Wildman–Crippen MR) is 103 cm³/mol. The first kappa shape index (κ1) is 18.4. The number of hydrogen-bond donors (Lipinski definition) is 1. The van der Waals surface area contributed by atoms with Gasteiger partial charge in [-0.2, -0.15) is 0 Å². The van der Waals surface area contributed by atoms with Gasteiger partial charge in [0.05, 0.1) is 6.54 Å². The van der Waals surface area contributed by atoms with E-state index in [1.54, 1.807) is 13.1 Å². The average molecular weight is 363 g/mol. The van der Waals surface area contributed by atoms with E-state index in [0.717, 1.165) is 16.7 Å². The maximum atomic E-state index is 12.5. The summed E-state index contributed by atoms with van der Waals surface area (Å²) in [7, 11) is 1.55. The van der Waals surface area contributed by atoms with Crippen LogP contribution in [-0.4, -0.2) is 35.5 Å². The third-order valence-electron chi connectivity index (χ3n) is 4.13. The van der Waals surface area contributed by atoms with E-state index in [0.29, 0.717) is 11.4 Å². The van der Waals surface area contributed by atoms with Gasteiger partial charge in [-0.05, 0) is 26.0 Å². The van der Waals surface area contributed by atoms with E-state index in [1.165, 1.54) is 4.90 Å². The molecule has 0 aliphatic heterocycles. The monoisotopic (exact) mass is 363 g/mol. The Hall–Kier alpha value is -3.41. The van der Waals surface area contributed by atoms with Gasteiger partial charge in [-0.25, -0.2) is 0 Å². The van der Waals surface area contributed by atoms with E-state index in [-0.39, 0.29) is 18.2 Å². The molecule has 2 amide bonds. The number of carbonyl (C=O) groups excluding carboxylic acids is 2. The minimum absolute atomic E-state index is 0.0900. The molecule has 6 heteroatoms. The molecule has 138 valence electrons. The summed E-state index contributed by atoms with van der Waals surface area (Å²) in [6.45, 7) is 3.88. The number of rotatable bonds is 5. The Balaban J connectivity index is 1.62. The fraction of sp³-hybridized carbons (Fsp3) is 0.190. The molecule has 0 saturated carbocycles. The number of nitrogens with zero attached hydrogens (tertiary/aromatic N) is 2. The minimum atomic E-state index is -0.403. The van der Waals surface area contributed by atoms with E-state index >= 15 is 0 Å². The van der Waals surface area contributed by atoms with Crippen molar-refractivity contribution in [3.8, 4) is 11.3 Å². The van der Waals surface area contributed by atoms with Crippen molar-refractivity contribution in [3.63, 3.8) is 0 Å². The van der Waals surface area contributed by atoms with Crippen LogP contribution in [0.15, 0.2) is 59.1 Å². The predicted octanol–water partition coefficient (Wildman–Crippen LogP) is 3.67. The van der Waals surface area contributed by atoms with Crippen LogP contribution in [0.5, 0.6) is 0 Å². The Morgan fingerprint density at radius 2 is 1.59 bits per heavy atom. The second kappa shape index (κ2) is 7.86. The van der Waals surface area contributed by atoms with Gasteiger partial charge >= 0.3 is 0 Å². The van der Waals surface area contributed by atoms with Crippen LogP contribution in [0.25, 0.3) is 11.3 Å². The Labute approximate surface area is 157 Å². The molecule has 1 aromatic heterocycles. The van der Waals surface area contributed by atoms with Crippen LogP contribution in [-0.2, 0) is 4.79 Å². The maximum Gasteiger partial charge on any atom is 0.292 e. The van der Waals surface area contributed by atoms with Crippen molar-refractivity contribution in [2.45, 2.75) is 13.8 Å². The Morgan fingerprint density at radius 1 is 1.00 bits per heavy atom. The summed E-state index contributed by atoms with van der Waals surface area (Å²) in [4.78, 5) is 25.9. The first-order valence-electron chi connectivity index (χ1n) is 8.58. The molecule has 0 bridgehead atoms. The molecule has 0 aliphatic rings. The van der Waals surface area contributed by atoms with Gasteiger partial charge in [0.15, 0.2) is 0 Å². The average Bonchev–Trinajstić information content (AvgIpc) is 3.13. The number of hydrogen-bond acceptors (Lipinski definition) is 4. The molecule has 0 spiro atoms. The number of anilines is 1. The molecule has 3 aromatic rings. The fourth-order valence-electron chi connectivity index (χ4n) is 2.55. The smallest absolute Gasteiger partial charge is 0.292 e. The van der Waals surface area contributed by atoms with E-state index in [1.807, 2.05) is 62.4 Å². The van der Waals surface area contributed by atoms with Crippen LogP contribution in [0.4, 0.5) is 5.69 Å². The van der Waals surface area contributed by atoms with Crippen molar-refractivity contribution in [2.24, 2.45) is 0 Å². The van der Waals surface area contributed by atoms with Crippen molar-refractivity contribution in [1.82, 2.24) is 10.1 Å². The largest absolute Gasteiger partial charge is 0.350 e. The highest BCUT2D eigenvalue weighted by atomic mass is 16.5. The van der Waals surface area contributed by atoms with Gasteiger partial charge in [0.1, 0.15) is 5.69 Å². The van der Waals surface area contributed by atoms with E-state index in [2.05, 4.69) is 10.5 Å². The summed E-state index contributed by atoms with van der Waals surface area (Å²) >= 11 is 0. The van der Waals surface area contributed by atoms with Crippen LogP contribution in [0, 0.1) is 13.8 Å². The summed E-state index contributed by atoms with van der Waals surface area (Å²) in [5, 5.41) is 6.72. The van der Waals surface area contributed by atoms with E-state index in [4.69, 9.17) is 4.52 Å². The second-order valence-corrected chi connectivity index (χ2v) is 6.52. The van der Waals surface area contributed by atoms with Gasteiger partial charge in [0.2, 0.25) is 11.7 Å². The molecule has 2 aromatic carbocycles. The molecule has 1 N–H and O–H groups in total. The summed E-state index contributed by atoms with van der Waals surface area (Å²) in [6, 6.07) is 16.8. The minimum Gasteiger partial charge on any atom is -0.350 e. The van der Waals surface area contributed by atoms with Crippen molar-refractivity contribution in [3.05, 3.63) is 71.5 Å². The lowest BCUT2D eigenvalue weighted by Gasteiger charge is -2.15. The van der Waals surface area contributed by atoms with Gasteiger partial charge in [-0.15, -0.1) is 0 Å². The molecule has 0 radical (unpaired) electrons. The Morgan fingerprint density at radius 3 is 2.22 bits per heavy atom. The Kier molecular flexibility index (Phi) is 5.35. The van der Waals surface area contributed by atoms with Crippen molar-refractivity contribution < 1.29 is 14.1 Å².